The van der Waals surface area contributed by atoms with E-state index in [1.54, 1.807) is 27.9 Å². The van der Waals surface area contributed by atoms with Gasteiger partial charge in [0.2, 0.25) is 0 Å². The molecule has 1 aliphatic rings. The van der Waals surface area contributed by atoms with E-state index in [4.69, 9.17) is 28.0 Å². The molecular weight excluding hydrogens is 327 g/mol. The Hall–Kier alpha value is -0.340. The zero-order chi connectivity index (χ0) is 17.3. The standard InChI is InChI=1S/C14H28O8P/c1-5-18-13(15)14(23(16,20-6-2)21-7-3)19-10-11-8-9-12(17-4)22-11/h11-12,14,16H,5-10H2,1-4H3/q+1. The van der Waals surface area contributed by atoms with E-state index in [9.17, 15) is 9.69 Å². The van der Waals surface area contributed by atoms with E-state index >= 15 is 0 Å². The van der Waals surface area contributed by atoms with Crippen LogP contribution in [0.3, 0.4) is 0 Å². The Balaban J connectivity index is 2.73. The Morgan fingerprint density at radius 2 is 1.87 bits per heavy atom. The van der Waals surface area contributed by atoms with Gasteiger partial charge in [0.25, 0.3) is 0 Å². The molecule has 1 rings (SSSR count). The van der Waals surface area contributed by atoms with Gasteiger partial charge in [-0.2, -0.15) is 13.9 Å². The van der Waals surface area contributed by atoms with Gasteiger partial charge in [0.15, 0.2) is 6.29 Å². The molecule has 1 fully saturated rings. The molecule has 23 heavy (non-hydrogen) atoms. The van der Waals surface area contributed by atoms with Crippen molar-refractivity contribution >= 4 is 13.9 Å². The summed E-state index contributed by atoms with van der Waals surface area (Å²) >= 11 is 0. The van der Waals surface area contributed by atoms with Crippen LogP contribution in [0.1, 0.15) is 33.6 Å². The number of rotatable bonds is 11. The smallest absolute Gasteiger partial charge is 0.452 e. The summed E-state index contributed by atoms with van der Waals surface area (Å²) in [5, 5.41) is 0. The van der Waals surface area contributed by atoms with Crippen LogP contribution >= 0.6 is 7.94 Å². The van der Waals surface area contributed by atoms with Crippen molar-refractivity contribution in [3.8, 4) is 0 Å². The maximum atomic E-state index is 12.2. The summed E-state index contributed by atoms with van der Waals surface area (Å²) in [4.78, 5) is 22.8. The molecular formula is C14H28O8P+. The molecule has 3 unspecified atom stereocenters. The molecule has 1 aliphatic heterocycles. The third kappa shape index (κ3) is 6.23. The summed E-state index contributed by atoms with van der Waals surface area (Å²) in [7, 11) is -1.95. The quantitative estimate of drug-likeness (QED) is 0.444. The largest absolute Gasteiger partial charge is 0.461 e. The van der Waals surface area contributed by atoms with Crippen molar-refractivity contribution in [2.75, 3.05) is 33.5 Å². The van der Waals surface area contributed by atoms with Crippen LogP contribution in [0, 0.1) is 0 Å². The molecule has 0 aromatic rings. The minimum Gasteiger partial charge on any atom is -0.461 e. The molecule has 0 aliphatic carbocycles. The van der Waals surface area contributed by atoms with Crippen LogP contribution in [0.5, 0.6) is 0 Å². The highest BCUT2D eigenvalue weighted by atomic mass is 31.2. The summed E-state index contributed by atoms with van der Waals surface area (Å²) in [5.74, 6) is -2.01. The van der Waals surface area contributed by atoms with Gasteiger partial charge in [0, 0.05) is 13.5 Å². The van der Waals surface area contributed by atoms with Crippen LogP contribution in [-0.2, 0) is 32.8 Å². The second-order valence-corrected chi connectivity index (χ2v) is 6.95. The Labute approximate surface area is 137 Å². The fraction of sp³-hybridized carbons (Fsp3) is 0.929. The van der Waals surface area contributed by atoms with Crippen molar-refractivity contribution in [1.82, 2.24) is 0 Å². The van der Waals surface area contributed by atoms with Gasteiger partial charge in [-0.25, -0.2) is 4.79 Å². The van der Waals surface area contributed by atoms with Crippen molar-refractivity contribution in [1.29, 1.82) is 0 Å². The number of carbonyl (C=O) groups is 1. The summed E-state index contributed by atoms with van der Waals surface area (Å²) in [6, 6.07) is 0. The molecule has 0 aromatic carbocycles. The maximum Gasteiger partial charge on any atom is 0.452 e. The van der Waals surface area contributed by atoms with Crippen LogP contribution in [0.25, 0.3) is 0 Å². The summed E-state index contributed by atoms with van der Waals surface area (Å²) in [6.07, 6.45) is 1.02. The van der Waals surface area contributed by atoms with E-state index in [0.29, 0.717) is 0 Å². The lowest BCUT2D eigenvalue weighted by atomic mass is 10.2. The first kappa shape index (κ1) is 20.7. The molecule has 9 heteroatoms. The summed E-state index contributed by atoms with van der Waals surface area (Å²) in [6.45, 7) is 5.75. The topological polar surface area (TPSA) is 92.7 Å². The van der Waals surface area contributed by atoms with Crippen LogP contribution in [0.2, 0.25) is 0 Å². The number of carbonyl (C=O) groups excluding carboxylic acids is 1. The van der Waals surface area contributed by atoms with E-state index in [2.05, 4.69) is 0 Å². The first-order chi connectivity index (χ1) is 11.0. The molecule has 0 saturated carbocycles. The highest BCUT2D eigenvalue weighted by Crippen LogP contribution is 2.62. The maximum absolute atomic E-state index is 12.2. The molecule has 136 valence electrons. The van der Waals surface area contributed by atoms with Gasteiger partial charge in [-0.1, -0.05) is 0 Å². The highest BCUT2D eigenvalue weighted by molar-refractivity contribution is 7.62. The van der Waals surface area contributed by atoms with Crippen molar-refractivity contribution in [3.05, 3.63) is 0 Å². The zero-order valence-corrected chi connectivity index (χ0v) is 15.1. The number of hydrogen-bond donors (Lipinski definition) is 1. The molecule has 3 atom stereocenters. The van der Waals surface area contributed by atoms with Crippen molar-refractivity contribution < 1.29 is 37.7 Å². The van der Waals surface area contributed by atoms with Gasteiger partial charge in [0.1, 0.15) is 0 Å². The van der Waals surface area contributed by atoms with Crippen molar-refractivity contribution in [2.24, 2.45) is 0 Å². The van der Waals surface area contributed by atoms with Gasteiger partial charge < -0.3 is 18.9 Å². The normalized spacial score (nSPS) is 23.0. The van der Waals surface area contributed by atoms with Gasteiger partial charge in [-0.05, 0) is 27.2 Å². The number of methoxy groups -OCH3 is 1. The predicted octanol–water partition coefficient (Wildman–Crippen LogP) is 1.87. The molecule has 0 radical (unpaired) electrons. The molecule has 0 amide bonds. The zero-order valence-electron chi connectivity index (χ0n) is 14.2. The van der Waals surface area contributed by atoms with Gasteiger partial charge in [-0.15, -0.1) is 0 Å². The molecule has 0 spiro atoms. The van der Waals surface area contributed by atoms with Gasteiger partial charge >= 0.3 is 19.8 Å². The second kappa shape index (κ2) is 10.5. The first-order valence-corrected chi connectivity index (χ1v) is 9.52. The van der Waals surface area contributed by atoms with Crippen LogP contribution < -0.4 is 0 Å². The summed E-state index contributed by atoms with van der Waals surface area (Å²) in [5.41, 5.74) is 0. The third-order valence-electron chi connectivity index (χ3n) is 3.18. The Kier molecular flexibility index (Phi) is 9.46. The lowest BCUT2D eigenvalue weighted by Gasteiger charge is -2.24. The third-order valence-corrected chi connectivity index (χ3v) is 5.39. The van der Waals surface area contributed by atoms with Crippen LogP contribution in [0.15, 0.2) is 0 Å². The highest BCUT2D eigenvalue weighted by Gasteiger charge is 2.57. The van der Waals surface area contributed by atoms with Crippen molar-refractivity contribution in [2.45, 2.75) is 51.9 Å². The first-order valence-electron chi connectivity index (χ1n) is 7.87. The molecule has 1 N–H and O–H groups in total. The Morgan fingerprint density at radius 1 is 1.22 bits per heavy atom. The van der Waals surface area contributed by atoms with Gasteiger partial charge in [-0.3, -0.25) is 0 Å². The Bertz CT molecular complexity index is 348. The van der Waals surface area contributed by atoms with Gasteiger partial charge in [0.05, 0.1) is 32.5 Å². The fourth-order valence-corrected chi connectivity index (χ4v) is 3.92. The second-order valence-electron chi connectivity index (χ2n) is 4.84. The molecule has 1 saturated heterocycles. The molecule has 0 bridgehead atoms. The van der Waals surface area contributed by atoms with E-state index in [1.165, 1.54) is 0 Å². The number of esters is 1. The average Bonchev–Trinajstić information content (AvgIpc) is 2.96. The molecule has 8 nitrogen and oxygen atoms in total. The van der Waals surface area contributed by atoms with E-state index in [1.807, 2.05) is 0 Å². The molecule has 0 aromatic heterocycles. The van der Waals surface area contributed by atoms with E-state index < -0.39 is 19.8 Å². The van der Waals surface area contributed by atoms with Crippen LogP contribution in [0.4, 0.5) is 0 Å². The summed E-state index contributed by atoms with van der Waals surface area (Å²) < 4.78 is 31.9. The monoisotopic (exact) mass is 355 g/mol. The molecule has 1 heterocycles. The predicted molar refractivity (Wildman–Crippen MR) is 83.7 cm³/mol. The fourth-order valence-electron chi connectivity index (χ4n) is 2.22. The van der Waals surface area contributed by atoms with Crippen LogP contribution in [-0.4, -0.2) is 62.6 Å². The van der Waals surface area contributed by atoms with E-state index in [0.717, 1.165) is 12.8 Å². The SMILES string of the molecule is CCOC(=O)C(OCC1CCC(OC)O1)[P+](O)(OCC)OCC. The number of ether oxygens (including phenoxy) is 4. The Morgan fingerprint density at radius 3 is 2.35 bits per heavy atom. The minimum atomic E-state index is -3.53. The van der Waals surface area contributed by atoms with Crippen molar-refractivity contribution in [3.63, 3.8) is 0 Å². The minimum absolute atomic E-state index is 0.117. The lowest BCUT2D eigenvalue weighted by molar-refractivity contribution is -0.159. The average molecular weight is 355 g/mol. The lowest BCUT2D eigenvalue weighted by Crippen LogP contribution is -2.34. The number of hydrogen-bond acceptors (Lipinski definition) is 8. The van der Waals surface area contributed by atoms with E-state index in [-0.39, 0.29) is 38.8 Å².